The van der Waals surface area contributed by atoms with Gasteiger partial charge in [-0.05, 0) is 78.5 Å². The zero-order chi connectivity index (χ0) is 24.7. The molecule has 6 nitrogen and oxygen atoms in total. The summed E-state index contributed by atoms with van der Waals surface area (Å²) in [5.74, 6) is 0.160. The quantitative estimate of drug-likeness (QED) is 0.363. The highest BCUT2D eigenvalue weighted by Gasteiger charge is 2.28. The number of amides is 1. The largest absolute Gasteiger partial charge is 0.496 e. The van der Waals surface area contributed by atoms with Crippen molar-refractivity contribution in [1.29, 1.82) is 0 Å². The molecule has 0 aromatic heterocycles. The van der Waals surface area contributed by atoms with Gasteiger partial charge in [-0.3, -0.25) is 9.10 Å². The fourth-order valence-corrected chi connectivity index (χ4v) is 5.68. The van der Waals surface area contributed by atoms with E-state index in [2.05, 4.69) is 33.4 Å². The minimum atomic E-state index is -4.00. The molecule has 0 spiro atoms. The van der Waals surface area contributed by atoms with Gasteiger partial charge in [0.1, 0.15) is 12.3 Å². The molecule has 0 radical (unpaired) electrons. The predicted octanol–water partition coefficient (Wildman–Crippen LogP) is 5.02. The SMILES string of the molecule is COc1ccc(S(=O)(=O)N(CC(=O)NCCCc2cccc(C)c2)c2ccc(C)cc2)cc1Br. The number of halogens is 1. The number of rotatable bonds is 10. The van der Waals surface area contributed by atoms with Gasteiger partial charge in [0.05, 0.1) is 22.2 Å². The van der Waals surface area contributed by atoms with Crippen LogP contribution in [0.1, 0.15) is 23.1 Å². The number of hydrogen-bond donors (Lipinski definition) is 1. The summed E-state index contributed by atoms with van der Waals surface area (Å²) in [6, 6.07) is 19.8. The van der Waals surface area contributed by atoms with E-state index in [0.717, 1.165) is 22.7 Å². The van der Waals surface area contributed by atoms with E-state index < -0.39 is 10.0 Å². The summed E-state index contributed by atoms with van der Waals surface area (Å²) in [6.45, 7) is 4.11. The number of carbonyl (C=O) groups is 1. The zero-order valence-corrected chi connectivity index (χ0v) is 21.9. The van der Waals surface area contributed by atoms with Crippen molar-refractivity contribution in [3.8, 4) is 5.75 Å². The smallest absolute Gasteiger partial charge is 0.264 e. The standard InChI is InChI=1S/C26H29BrN2O4S/c1-19-9-11-22(12-10-19)29(34(31,32)23-13-14-25(33-3)24(27)17-23)18-26(30)28-15-5-8-21-7-4-6-20(2)16-21/h4,6-7,9-14,16-17H,5,8,15,18H2,1-3H3,(H,28,30). The molecule has 0 unspecified atom stereocenters. The van der Waals surface area contributed by atoms with Crippen LogP contribution in [0.15, 0.2) is 76.1 Å². The van der Waals surface area contributed by atoms with Crippen molar-refractivity contribution >= 4 is 37.5 Å². The van der Waals surface area contributed by atoms with E-state index in [1.165, 1.54) is 30.4 Å². The number of nitrogens with one attached hydrogen (secondary N) is 1. The minimum Gasteiger partial charge on any atom is -0.496 e. The van der Waals surface area contributed by atoms with E-state index in [1.54, 1.807) is 18.2 Å². The molecule has 8 heteroatoms. The van der Waals surface area contributed by atoms with E-state index in [4.69, 9.17) is 4.74 Å². The Hall–Kier alpha value is -2.84. The number of anilines is 1. The molecule has 1 N–H and O–H groups in total. The minimum absolute atomic E-state index is 0.0630. The lowest BCUT2D eigenvalue weighted by Gasteiger charge is -2.24. The lowest BCUT2D eigenvalue weighted by Crippen LogP contribution is -2.41. The maximum atomic E-state index is 13.5. The van der Waals surface area contributed by atoms with E-state index >= 15 is 0 Å². The molecular formula is C26H29BrN2O4S. The number of ether oxygens (including phenoxy) is 1. The number of hydrogen-bond acceptors (Lipinski definition) is 4. The second-order valence-electron chi connectivity index (χ2n) is 8.09. The average molecular weight is 545 g/mol. The number of aryl methyl sites for hydroxylation is 3. The van der Waals surface area contributed by atoms with Crippen LogP contribution in [0.5, 0.6) is 5.75 Å². The summed E-state index contributed by atoms with van der Waals surface area (Å²) in [4.78, 5) is 12.8. The van der Waals surface area contributed by atoms with Crippen LogP contribution >= 0.6 is 15.9 Å². The molecule has 3 aromatic carbocycles. The van der Waals surface area contributed by atoms with Gasteiger partial charge in [0.2, 0.25) is 5.91 Å². The van der Waals surface area contributed by atoms with E-state index in [1.807, 2.05) is 38.1 Å². The second-order valence-corrected chi connectivity index (χ2v) is 10.8. The molecule has 0 saturated heterocycles. The Morgan fingerprint density at radius 3 is 2.38 bits per heavy atom. The van der Waals surface area contributed by atoms with Crippen LogP contribution in [0, 0.1) is 13.8 Å². The van der Waals surface area contributed by atoms with Gasteiger partial charge in [-0.25, -0.2) is 8.42 Å². The Bertz CT molecular complexity index is 1240. The number of carbonyl (C=O) groups excluding carboxylic acids is 1. The number of methoxy groups -OCH3 is 1. The van der Waals surface area contributed by atoms with Crippen LogP contribution in [0.25, 0.3) is 0 Å². The van der Waals surface area contributed by atoms with Gasteiger partial charge in [0.15, 0.2) is 0 Å². The van der Waals surface area contributed by atoms with Crippen LogP contribution < -0.4 is 14.4 Å². The molecule has 1 amide bonds. The Labute approximate surface area is 210 Å². The Kier molecular flexibility index (Phi) is 8.74. The van der Waals surface area contributed by atoms with Gasteiger partial charge in [0.25, 0.3) is 10.0 Å². The van der Waals surface area contributed by atoms with Gasteiger partial charge >= 0.3 is 0 Å². The molecule has 0 heterocycles. The summed E-state index contributed by atoms with van der Waals surface area (Å²) >= 11 is 3.34. The maximum absolute atomic E-state index is 13.5. The molecule has 3 aromatic rings. The molecule has 0 fully saturated rings. The summed E-state index contributed by atoms with van der Waals surface area (Å²) in [6.07, 6.45) is 1.60. The van der Waals surface area contributed by atoms with Gasteiger partial charge in [0, 0.05) is 6.54 Å². The fraction of sp³-hybridized carbons (Fsp3) is 0.269. The van der Waals surface area contributed by atoms with Gasteiger partial charge in [-0.15, -0.1) is 0 Å². The molecular weight excluding hydrogens is 516 g/mol. The molecule has 0 atom stereocenters. The number of benzene rings is 3. The van der Waals surface area contributed by atoms with E-state index in [0.29, 0.717) is 22.5 Å². The Morgan fingerprint density at radius 1 is 1.00 bits per heavy atom. The summed E-state index contributed by atoms with van der Waals surface area (Å²) in [5.41, 5.74) is 3.83. The first kappa shape index (κ1) is 25.8. The molecule has 180 valence electrons. The van der Waals surface area contributed by atoms with Gasteiger partial charge in [-0.1, -0.05) is 47.5 Å². The lowest BCUT2D eigenvalue weighted by molar-refractivity contribution is -0.119. The number of sulfonamides is 1. The first-order valence-electron chi connectivity index (χ1n) is 11.0. The molecule has 0 aliphatic carbocycles. The van der Waals surface area contributed by atoms with Crippen LogP contribution in [0.3, 0.4) is 0 Å². The van der Waals surface area contributed by atoms with Gasteiger partial charge < -0.3 is 10.1 Å². The van der Waals surface area contributed by atoms with Gasteiger partial charge in [-0.2, -0.15) is 0 Å². The molecule has 0 bridgehead atoms. The van der Waals surface area contributed by atoms with Crippen molar-refractivity contribution in [1.82, 2.24) is 5.32 Å². The molecule has 3 rings (SSSR count). The normalized spacial score (nSPS) is 11.2. The van der Waals surface area contributed by atoms with Crippen molar-refractivity contribution in [2.75, 3.05) is 24.5 Å². The highest BCUT2D eigenvalue weighted by atomic mass is 79.9. The first-order valence-corrected chi connectivity index (χ1v) is 13.2. The zero-order valence-electron chi connectivity index (χ0n) is 19.5. The fourth-order valence-electron chi connectivity index (χ4n) is 3.54. The van der Waals surface area contributed by atoms with Crippen molar-refractivity contribution in [2.45, 2.75) is 31.6 Å². The highest BCUT2D eigenvalue weighted by molar-refractivity contribution is 9.10. The third kappa shape index (κ3) is 6.61. The second kappa shape index (κ2) is 11.5. The molecule has 0 aliphatic heterocycles. The van der Waals surface area contributed by atoms with Crippen LogP contribution in [-0.4, -0.2) is 34.5 Å². The highest BCUT2D eigenvalue weighted by Crippen LogP contribution is 2.30. The maximum Gasteiger partial charge on any atom is 0.264 e. The van der Waals surface area contributed by atoms with E-state index in [-0.39, 0.29) is 17.3 Å². The van der Waals surface area contributed by atoms with Crippen molar-refractivity contribution in [3.63, 3.8) is 0 Å². The van der Waals surface area contributed by atoms with E-state index in [9.17, 15) is 13.2 Å². The Morgan fingerprint density at radius 2 is 1.74 bits per heavy atom. The first-order chi connectivity index (χ1) is 16.2. The van der Waals surface area contributed by atoms with Crippen LogP contribution in [0.4, 0.5) is 5.69 Å². The monoisotopic (exact) mass is 544 g/mol. The predicted molar refractivity (Wildman–Crippen MR) is 139 cm³/mol. The molecule has 0 aliphatic rings. The summed E-state index contributed by atoms with van der Waals surface area (Å²) in [7, 11) is -2.49. The van der Waals surface area contributed by atoms with Crippen LogP contribution in [0.2, 0.25) is 0 Å². The topological polar surface area (TPSA) is 75.7 Å². The average Bonchev–Trinajstić information content (AvgIpc) is 2.81. The lowest BCUT2D eigenvalue weighted by atomic mass is 10.1. The third-order valence-electron chi connectivity index (χ3n) is 5.37. The summed E-state index contributed by atoms with van der Waals surface area (Å²) in [5, 5.41) is 2.86. The van der Waals surface area contributed by atoms with Crippen LogP contribution in [-0.2, 0) is 21.2 Å². The molecule has 34 heavy (non-hydrogen) atoms. The molecule has 0 saturated carbocycles. The number of nitrogens with zero attached hydrogens (tertiary/aromatic N) is 1. The summed E-state index contributed by atoms with van der Waals surface area (Å²) < 4.78 is 33.9. The van der Waals surface area contributed by atoms with Crippen molar-refractivity contribution in [2.24, 2.45) is 0 Å². The Balaban J connectivity index is 1.74. The van der Waals surface area contributed by atoms with Crippen molar-refractivity contribution in [3.05, 3.63) is 87.9 Å². The van der Waals surface area contributed by atoms with Crippen molar-refractivity contribution < 1.29 is 17.9 Å². The third-order valence-corrected chi connectivity index (χ3v) is 7.76.